The number of nitrogens with zero attached hydrogens (tertiary/aromatic N) is 2. The molecule has 0 amide bonds. The average molecular weight is 461 g/mol. The van der Waals surface area contributed by atoms with Crippen LogP contribution in [0.1, 0.15) is 45.7 Å². The van der Waals surface area contributed by atoms with Crippen LogP contribution >= 0.6 is 0 Å². The Kier molecular flexibility index (Phi) is 4.62. The van der Waals surface area contributed by atoms with Crippen molar-refractivity contribution in [3.8, 4) is 17.1 Å². The number of carbonyl (C=O) groups excluding carboxylic acids is 1. The van der Waals surface area contributed by atoms with Crippen LogP contribution in [0.5, 0.6) is 5.75 Å². The van der Waals surface area contributed by atoms with Crippen molar-refractivity contribution in [3.63, 3.8) is 0 Å². The maximum Gasteiger partial charge on any atom is 0.350 e. The zero-order valence-corrected chi connectivity index (χ0v) is 20.3. The molecule has 7 nitrogen and oxygen atoms in total. The van der Waals surface area contributed by atoms with Gasteiger partial charge in [-0.15, -0.1) is 0 Å². The molecule has 2 atom stereocenters. The molecule has 0 radical (unpaired) electrons. The molecule has 2 aliphatic rings. The Balaban J connectivity index is 1.70. The number of pyridine rings is 2. The van der Waals surface area contributed by atoms with E-state index in [2.05, 4.69) is 6.58 Å². The molecule has 0 aliphatic carbocycles. The molecule has 2 aromatic heterocycles. The monoisotopic (exact) mass is 460 g/mol. The van der Waals surface area contributed by atoms with Gasteiger partial charge in [-0.2, -0.15) is 0 Å². The molecular weight excluding hydrogens is 432 g/mol. The largest absolute Gasteiger partial charge is 0.497 e. The summed E-state index contributed by atoms with van der Waals surface area (Å²) in [5.74, 6) is -1.02. The summed E-state index contributed by atoms with van der Waals surface area (Å²) >= 11 is 0. The maximum absolute atomic E-state index is 13.3. The zero-order chi connectivity index (χ0) is 24.6. The van der Waals surface area contributed by atoms with Crippen LogP contribution in [0.15, 0.2) is 53.3 Å². The van der Waals surface area contributed by atoms with Gasteiger partial charge in [-0.25, -0.2) is 9.78 Å². The predicted octanol–water partition coefficient (Wildman–Crippen LogP) is 4.54. The Morgan fingerprint density at radius 2 is 1.91 bits per heavy atom. The molecule has 0 bridgehead atoms. The van der Waals surface area contributed by atoms with E-state index in [0.717, 1.165) is 22.2 Å². The van der Waals surface area contributed by atoms with E-state index in [4.69, 9.17) is 19.2 Å². The highest BCUT2D eigenvalue weighted by atomic mass is 16.8. The van der Waals surface area contributed by atoms with E-state index in [0.29, 0.717) is 29.1 Å². The fourth-order valence-electron chi connectivity index (χ4n) is 4.59. The van der Waals surface area contributed by atoms with Crippen molar-refractivity contribution >= 4 is 16.9 Å². The van der Waals surface area contributed by atoms with Gasteiger partial charge in [-0.05, 0) is 42.8 Å². The van der Waals surface area contributed by atoms with Gasteiger partial charge in [0.15, 0.2) is 0 Å². The third kappa shape index (κ3) is 2.96. The smallest absolute Gasteiger partial charge is 0.350 e. The van der Waals surface area contributed by atoms with Gasteiger partial charge in [-0.3, -0.25) is 4.79 Å². The Morgan fingerprint density at radius 3 is 2.53 bits per heavy atom. The van der Waals surface area contributed by atoms with E-state index in [1.165, 1.54) is 6.07 Å². The first-order valence-corrected chi connectivity index (χ1v) is 11.2. The molecule has 4 heterocycles. The number of rotatable bonds is 3. The third-order valence-electron chi connectivity index (χ3n) is 7.09. The van der Waals surface area contributed by atoms with Gasteiger partial charge in [-0.1, -0.05) is 27.4 Å². The second kappa shape index (κ2) is 7.03. The molecule has 5 rings (SSSR count). The van der Waals surface area contributed by atoms with Gasteiger partial charge >= 0.3 is 5.97 Å². The summed E-state index contributed by atoms with van der Waals surface area (Å²) in [6, 6.07) is 10.9. The van der Waals surface area contributed by atoms with Crippen LogP contribution in [0.2, 0.25) is 0 Å². The standard InChI is InChI=1S/C27H28N2O5/c1-15(2)27(24(31)33-26(6,34-27)25(3,4)5)18-12-21-23-17(14-29(21)22(30)13-18)10-16-11-19(32-7)8-9-20(16)28-23/h8-13H,1,14H2,2-7H3/t26-,27+/m1/s1. The average Bonchev–Trinajstić information content (AvgIpc) is 3.27. The van der Waals surface area contributed by atoms with Crippen LogP contribution in [0.25, 0.3) is 22.3 Å². The maximum atomic E-state index is 13.3. The lowest BCUT2D eigenvalue weighted by Crippen LogP contribution is -2.43. The highest BCUT2D eigenvalue weighted by molar-refractivity contribution is 5.88. The quantitative estimate of drug-likeness (QED) is 0.330. The topological polar surface area (TPSA) is 79.7 Å². The van der Waals surface area contributed by atoms with Gasteiger partial charge in [0.1, 0.15) is 5.75 Å². The van der Waals surface area contributed by atoms with Gasteiger partial charge in [0, 0.05) is 34.9 Å². The summed E-state index contributed by atoms with van der Waals surface area (Å²) in [6.07, 6.45) is 0. The van der Waals surface area contributed by atoms with E-state index in [9.17, 15) is 9.59 Å². The van der Waals surface area contributed by atoms with E-state index in [1.807, 2.05) is 45.0 Å². The molecule has 0 saturated carbocycles. The zero-order valence-electron chi connectivity index (χ0n) is 20.3. The van der Waals surface area contributed by atoms with Gasteiger partial charge < -0.3 is 18.8 Å². The first-order chi connectivity index (χ1) is 15.9. The van der Waals surface area contributed by atoms with Crippen LogP contribution in [0, 0.1) is 5.41 Å². The molecule has 0 unspecified atom stereocenters. The van der Waals surface area contributed by atoms with Gasteiger partial charge in [0.2, 0.25) is 11.4 Å². The van der Waals surface area contributed by atoms with Crippen molar-refractivity contribution in [1.29, 1.82) is 0 Å². The molecule has 0 spiro atoms. The summed E-state index contributed by atoms with van der Waals surface area (Å²) in [7, 11) is 1.62. The summed E-state index contributed by atoms with van der Waals surface area (Å²) in [4.78, 5) is 31.4. The Labute approximate surface area is 198 Å². The fourth-order valence-corrected chi connectivity index (χ4v) is 4.59. The van der Waals surface area contributed by atoms with Gasteiger partial charge in [0.25, 0.3) is 5.56 Å². The van der Waals surface area contributed by atoms with Crippen LogP contribution < -0.4 is 10.3 Å². The summed E-state index contributed by atoms with van der Waals surface area (Å²) in [5.41, 5.74) is 1.59. The number of hydrogen-bond acceptors (Lipinski definition) is 6. The van der Waals surface area contributed by atoms with Crippen LogP contribution in [0.4, 0.5) is 0 Å². The second-order valence-corrected chi connectivity index (χ2v) is 10.3. The van der Waals surface area contributed by atoms with E-state index >= 15 is 0 Å². The number of hydrogen-bond donors (Lipinski definition) is 0. The first-order valence-electron chi connectivity index (χ1n) is 11.2. The Morgan fingerprint density at radius 1 is 1.18 bits per heavy atom. The lowest BCUT2D eigenvalue weighted by Gasteiger charge is -2.37. The van der Waals surface area contributed by atoms with Crippen molar-refractivity contribution < 1.29 is 19.0 Å². The minimum atomic E-state index is -1.58. The number of carbonyl (C=O) groups is 1. The normalized spacial score (nSPS) is 23.5. The first kappa shape index (κ1) is 22.3. The summed E-state index contributed by atoms with van der Waals surface area (Å²) in [5, 5.41) is 0.932. The highest BCUT2D eigenvalue weighted by Crippen LogP contribution is 2.51. The summed E-state index contributed by atoms with van der Waals surface area (Å²) < 4.78 is 19.2. The molecule has 2 aliphatic heterocycles. The van der Waals surface area contributed by atoms with Crippen molar-refractivity contribution in [2.75, 3.05) is 7.11 Å². The fraction of sp³-hybridized carbons (Fsp3) is 0.370. The molecular formula is C27H28N2O5. The summed E-state index contributed by atoms with van der Waals surface area (Å²) in [6.45, 7) is 13.7. The molecule has 1 fully saturated rings. The molecule has 1 saturated heterocycles. The number of esters is 1. The predicted molar refractivity (Wildman–Crippen MR) is 129 cm³/mol. The molecule has 0 N–H and O–H groups in total. The number of ether oxygens (including phenoxy) is 3. The molecule has 3 aromatic rings. The number of cyclic esters (lactones) is 1. The molecule has 1 aromatic carbocycles. The molecule has 176 valence electrons. The van der Waals surface area contributed by atoms with Crippen molar-refractivity contribution in [2.24, 2.45) is 5.41 Å². The highest BCUT2D eigenvalue weighted by Gasteiger charge is 2.62. The van der Waals surface area contributed by atoms with Crippen molar-refractivity contribution in [2.45, 2.75) is 52.6 Å². The third-order valence-corrected chi connectivity index (χ3v) is 7.09. The van der Waals surface area contributed by atoms with Crippen LogP contribution in [0.3, 0.4) is 0 Å². The Bertz CT molecular complexity index is 1450. The molecule has 7 heteroatoms. The van der Waals surface area contributed by atoms with Crippen molar-refractivity contribution in [3.05, 3.63) is 70.0 Å². The second-order valence-electron chi connectivity index (χ2n) is 10.3. The van der Waals surface area contributed by atoms with E-state index in [-0.39, 0.29) is 5.56 Å². The lowest BCUT2D eigenvalue weighted by atomic mass is 9.85. The number of benzene rings is 1. The Hall–Kier alpha value is -3.45. The van der Waals surface area contributed by atoms with E-state index in [1.54, 1.807) is 31.6 Å². The van der Waals surface area contributed by atoms with Crippen LogP contribution in [-0.4, -0.2) is 28.4 Å². The SMILES string of the molecule is C=C(C)[C@@]1(c2cc3n(c(=O)c2)Cc2cc4cc(OC)ccc4nc2-3)O[C@](C)(C(C)(C)C)OC1=O. The minimum absolute atomic E-state index is 0.242. The van der Waals surface area contributed by atoms with Crippen LogP contribution in [-0.2, 0) is 26.4 Å². The molecule has 34 heavy (non-hydrogen) atoms. The number of fused-ring (bicyclic) bond motifs is 4. The van der Waals surface area contributed by atoms with E-state index < -0.39 is 22.8 Å². The minimum Gasteiger partial charge on any atom is -0.497 e. The number of aromatic nitrogens is 2. The van der Waals surface area contributed by atoms with Crippen molar-refractivity contribution in [1.82, 2.24) is 9.55 Å². The lowest BCUT2D eigenvalue weighted by molar-refractivity contribution is -0.229. The number of methoxy groups -OCH3 is 1. The van der Waals surface area contributed by atoms with Gasteiger partial charge in [0.05, 0.1) is 30.6 Å².